The summed E-state index contributed by atoms with van der Waals surface area (Å²) in [7, 11) is 0. The van der Waals surface area contributed by atoms with Gasteiger partial charge in [-0.25, -0.2) is 4.98 Å². The number of nitrogens with zero attached hydrogens (tertiary/aromatic N) is 2. The number of rotatable bonds is 3. The minimum absolute atomic E-state index is 0.143. The SMILES string of the molecule is Cc1ncsc1C(=O)N1CCCC(CCCl)C1. The lowest BCUT2D eigenvalue weighted by Gasteiger charge is -2.32. The van der Waals surface area contributed by atoms with Gasteiger partial charge in [0.25, 0.3) is 5.91 Å². The summed E-state index contributed by atoms with van der Waals surface area (Å²) in [6.45, 7) is 3.61. The first-order chi connectivity index (χ1) is 8.22. The highest BCUT2D eigenvalue weighted by Crippen LogP contribution is 2.23. The van der Waals surface area contributed by atoms with Crippen LogP contribution in [0.5, 0.6) is 0 Å². The maximum atomic E-state index is 12.3. The summed E-state index contributed by atoms with van der Waals surface area (Å²) in [5.74, 6) is 1.40. The van der Waals surface area contributed by atoms with Crippen molar-refractivity contribution in [2.24, 2.45) is 5.92 Å². The third-order valence-electron chi connectivity index (χ3n) is 3.26. The summed E-state index contributed by atoms with van der Waals surface area (Å²) in [6, 6.07) is 0. The minimum Gasteiger partial charge on any atom is -0.338 e. The molecule has 0 saturated carbocycles. The number of halogens is 1. The second-order valence-corrected chi connectivity index (χ2v) is 5.74. The molecule has 0 spiro atoms. The van der Waals surface area contributed by atoms with Crippen LogP contribution in [0.4, 0.5) is 0 Å². The van der Waals surface area contributed by atoms with Gasteiger partial charge in [-0.2, -0.15) is 0 Å². The Kier molecular flexibility index (Phi) is 4.40. The van der Waals surface area contributed by atoms with E-state index in [0.29, 0.717) is 11.8 Å². The van der Waals surface area contributed by atoms with Crippen LogP contribution in [0.3, 0.4) is 0 Å². The Labute approximate surface area is 111 Å². The molecule has 0 radical (unpaired) electrons. The first-order valence-corrected chi connectivity index (χ1v) is 7.39. The second kappa shape index (κ2) is 5.83. The molecule has 94 valence electrons. The quantitative estimate of drug-likeness (QED) is 0.793. The van der Waals surface area contributed by atoms with Crippen LogP contribution in [0.15, 0.2) is 5.51 Å². The van der Waals surface area contributed by atoms with E-state index in [1.54, 1.807) is 5.51 Å². The molecule has 0 bridgehead atoms. The van der Waals surface area contributed by atoms with Crippen LogP contribution < -0.4 is 0 Å². The van der Waals surface area contributed by atoms with Gasteiger partial charge in [-0.05, 0) is 32.1 Å². The normalized spacial score (nSPS) is 20.6. The molecule has 1 aliphatic heterocycles. The lowest BCUT2D eigenvalue weighted by atomic mass is 9.95. The van der Waals surface area contributed by atoms with Crippen molar-refractivity contribution >= 4 is 28.8 Å². The third-order valence-corrected chi connectivity index (χ3v) is 4.40. The Balaban J connectivity index is 2.02. The van der Waals surface area contributed by atoms with E-state index in [9.17, 15) is 4.79 Å². The Morgan fingerprint density at radius 3 is 3.18 bits per heavy atom. The first kappa shape index (κ1) is 12.8. The number of amides is 1. The molecule has 2 heterocycles. The fraction of sp³-hybridized carbons (Fsp3) is 0.667. The summed E-state index contributed by atoms with van der Waals surface area (Å²) >= 11 is 7.21. The topological polar surface area (TPSA) is 33.2 Å². The third kappa shape index (κ3) is 2.99. The molecular formula is C12H17ClN2OS. The second-order valence-electron chi connectivity index (χ2n) is 4.50. The molecule has 5 heteroatoms. The van der Waals surface area contributed by atoms with E-state index in [-0.39, 0.29) is 5.91 Å². The minimum atomic E-state index is 0.143. The molecule has 1 fully saturated rings. The van der Waals surface area contributed by atoms with Crippen molar-refractivity contribution < 1.29 is 4.79 Å². The van der Waals surface area contributed by atoms with Crippen LogP contribution in [-0.4, -0.2) is 34.8 Å². The van der Waals surface area contributed by atoms with Gasteiger partial charge in [0.2, 0.25) is 0 Å². The average molecular weight is 273 g/mol. The van der Waals surface area contributed by atoms with Gasteiger partial charge in [-0.3, -0.25) is 4.79 Å². The summed E-state index contributed by atoms with van der Waals surface area (Å²) in [5.41, 5.74) is 2.59. The van der Waals surface area contributed by atoms with Gasteiger partial charge < -0.3 is 4.90 Å². The standard InChI is InChI=1S/C12H17ClN2OS/c1-9-11(17-8-14-9)12(16)15-6-2-3-10(7-15)4-5-13/h8,10H,2-7H2,1H3. The number of alkyl halides is 1. The molecule has 1 saturated heterocycles. The number of aryl methyl sites for hydroxylation is 1. The molecule has 1 aromatic heterocycles. The van der Waals surface area contributed by atoms with Crippen molar-refractivity contribution in [3.8, 4) is 0 Å². The van der Waals surface area contributed by atoms with Crippen LogP contribution in [-0.2, 0) is 0 Å². The number of hydrogen-bond acceptors (Lipinski definition) is 3. The predicted molar refractivity (Wildman–Crippen MR) is 70.8 cm³/mol. The highest BCUT2D eigenvalue weighted by atomic mass is 35.5. The zero-order valence-electron chi connectivity index (χ0n) is 9.99. The Morgan fingerprint density at radius 2 is 2.53 bits per heavy atom. The highest BCUT2D eigenvalue weighted by molar-refractivity contribution is 7.11. The van der Waals surface area contributed by atoms with Crippen molar-refractivity contribution in [2.45, 2.75) is 26.2 Å². The molecule has 1 atom stereocenters. The molecule has 2 rings (SSSR count). The predicted octanol–water partition coefficient (Wildman–Crippen LogP) is 2.93. The molecule has 3 nitrogen and oxygen atoms in total. The van der Waals surface area contributed by atoms with Gasteiger partial charge in [-0.1, -0.05) is 0 Å². The zero-order chi connectivity index (χ0) is 12.3. The Morgan fingerprint density at radius 1 is 1.71 bits per heavy atom. The van der Waals surface area contributed by atoms with Crippen LogP contribution in [0, 0.1) is 12.8 Å². The zero-order valence-corrected chi connectivity index (χ0v) is 11.6. The van der Waals surface area contributed by atoms with E-state index in [1.165, 1.54) is 17.8 Å². The summed E-state index contributed by atoms with van der Waals surface area (Å²) in [4.78, 5) is 19.2. The molecule has 1 aromatic rings. The maximum absolute atomic E-state index is 12.3. The van der Waals surface area contributed by atoms with Crippen molar-refractivity contribution in [1.29, 1.82) is 0 Å². The van der Waals surface area contributed by atoms with E-state index in [4.69, 9.17) is 11.6 Å². The number of thiazole rings is 1. The molecular weight excluding hydrogens is 256 g/mol. The lowest BCUT2D eigenvalue weighted by Crippen LogP contribution is -2.40. The number of hydrogen-bond donors (Lipinski definition) is 0. The molecule has 0 aromatic carbocycles. The molecule has 1 aliphatic rings. The van der Waals surface area contributed by atoms with Gasteiger partial charge in [0.05, 0.1) is 11.2 Å². The average Bonchev–Trinajstić information content (AvgIpc) is 2.75. The fourth-order valence-electron chi connectivity index (χ4n) is 2.29. The first-order valence-electron chi connectivity index (χ1n) is 5.97. The molecule has 17 heavy (non-hydrogen) atoms. The van der Waals surface area contributed by atoms with Crippen LogP contribution in [0.2, 0.25) is 0 Å². The van der Waals surface area contributed by atoms with Crippen LogP contribution in [0.25, 0.3) is 0 Å². The largest absolute Gasteiger partial charge is 0.338 e. The fourth-order valence-corrected chi connectivity index (χ4v) is 3.37. The van der Waals surface area contributed by atoms with Gasteiger partial charge >= 0.3 is 0 Å². The van der Waals surface area contributed by atoms with E-state index >= 15 is 0 Å². The van der Waals surface area contributed by atoms with Crippen molar-refractivity contribution in [3.63, 3.8) is 0 Å². The van der Waals surface area contributed by atoms with Crippen molar-refractivity contribution in [2.75, 3.05) is 19.0 Å². The van der Waals surface area contributed by atoms with Gasteiger partial charge in [-0.15, -0.1) is 22.9 Å². The van der Waals surface area contributed by atoms with Crippen LogP contribution in [0.1, 0.15) is 34.6 Å². The number of carbonyl (C=O) groups is 1. The van der Waals surface area contributed by atoms with E-state index in [1.807, 2.05) is 11.8 Å². The Bertz CT molecular complexity index is 392. The lowest BCUT2D eigenvalue weighted by molar-refractivity contribution is 0.0675. The number of piperidine rings is 1. The van der Waals surface area contributed by atoms with E-state index in [0.717, 1.165) is 36.5 Å². The van der Waals surface area contributed by atoms with Crippen molar-refractivity contribution in [1.82, 2.24) is 9.88 Å². The van der Waals surface area contributed by atoms with Gasteiger partial charge in [0.1, 0.15) is 4.88 Å². The maximum Gasteiger partial charge on any atom is 0.265 e. The number of aromatic nitrogens is 1. The molecule has 1 amide bonds. The number of likely N-dealkylation sites (tertiary alicyclic amines) is 1. The molecule has 0 aliphatic carbocycles. The monoisotopic (exact) mass is 272 g/mol. The van der Waals surface area contributed by atoms with Crippen molar-refractivity contribution in [3.05, 3.63) is 16.1 Å². The molecule has 1 unspecified atom stereocenters. The van der Waals surface area contributed by atoms with Crippen LogP contribution >= 0.6 is 22.9 Å². The summed E-state index contributed by atoms with van der Waals surface area (Å²) < 4.78 is 0. The number of carbonyl (C=O) groups excluding carboxylic acids is 1. The summed E-state index contributed by atoms with van der Waals surface area (Å²) in [6.07, 6.45) is 3.29. The molecule has 0 N–H and O–H groups in total. The van der Waals surface area contributed by atoms with E-state index < -0.39 is 0 Å². The Hall–Kier alpha value is -0.610. The van der Waals surface area contributed by atoms with Gasteiger partial charge in [0, 0.05) is 19.0 Å². The van der Waals surface area contributed by atoms with E-state index in [2.05, 4.69) is 4.98 Å². The highest BCUT2D eigenvalue weighted by Gasteiger charge is 2.25. The smallest absolute Gasteiger partial charge is 0.265 e. The van der Waals surface area contributed by atoms with Gasteiger partial charge in [0.15, 0.2) is 0 Å². The summed E-state index contributed by atoms with van der Waals surface area (Å²) in [5, 5.41) is 0.